The zero-order valence-electron chi connectivity index (χ0n) is 16.4. The minimum absolute atomic E-state index is 0.0749. The average Bonchev–Trinajstić information content (AvgIpc) is 3.09. The number of benzene rings is 1. The van der Waals surface area contributed by atoms with Gasteiger partial charge < -0.3 is 14.2 Å². The summed E-state index contributed by atoms with van der Waals surface area (Å²) < 4.78 is 32.3. The van der Waals surface area contributed by atoms with Crippen molar-refractivity contribution in [2.45, 2.75) is 31.1 Å². The molecule has 152 valence electrons. The second-order valence-electron chi connectivity index (χ2n) is 7.94. The summed E-state index contributed by atoms with van der Waals surface area (Å²) in [5.41, 5.74) is 2.78. The molecule has 4 heterocycles. The molecule has 2 aromatic heterocycles. The topological polar surface area (TPSA) is 77.3 Å². The van der Waals surface area contributed by atoms with Crippen LogP contribution in [-0.2, 0) is 29.1 Å². The first-order chi connectivity index (χ1) is 14.0. The second-order valence-corrected chi connectivity index (χ2v) is 10.1. The number of ether oxygens (including phenoxy) is 1. The van der Waals surface area contributed by atoms with Crippen LogP contribution >= 0.6 is 0 Å². The number of anilines is 1. The lowest BCUT2D eigenvalue weighted by molar-refractivity contribution is 0.173. The van der Waals surface area contributed by atoms with Gasteiger partial charge in [-0.15, -0.1) is 5.10 Å². The summed E-state index contributed by atoms with van der Waals surface area (Å²) in [6.45, 7) is 1.63. The number of fused-ring (bicyclic) bond motifs is 2. The molecule has 0 amide bonds. The third-order valence-corrected chi connectivity index (χ3v) is 7.50. The number of rotatable bonds is 3. The molecule has 0 unspecified atom stereocenters. The predicted octanol–water partition coefficient (Wildman–Crippen LogP) is 2.49. The van der Waals surface area contributed by atoms with Crippen LogP contribution < -0.4 is 9.64 Å². The molecule has 7 nitrogen and oxygen atoms in total. The van der Waals surface area contributed by atoms with E-state index in [1.807, 2.05) is 25.2 Å². The van der Waals surface area contributed by atoms with Crippen LogP contribution in [-0.4, -0.2) is 48.1 Å². The third kappa shape index (κ3) is 3.57. The molecule has 1 saturated heterocycles. The molecule has 2 aliphatic rings. The first kappa shape index (κ1) is 18.4. The summed E-state index contributed by atoms with van der Waals surface area (Å²) in [5.74, 6) is 1.95. The fourth-order valence-corrected chi connectivity index (χ4v) is 5.63. The summed E-state index contributed by atoms with van der Waals surface area (Å²) in [5, 5.41) is 9.79. The molecule has 0 spiro atoms. The van der Waals surface area contributed by atoms with Crippen molar-refractivity contribution in [3.05, 3.63) is 47.8 Å². The Hall–Kier alpha value is -2.61. The summed E-state index contributed by atoms with van der Waals surface area (Å²) in [7, 11) is -0.974. The van der Waals surface area contributed by atoms with Crippen molar-refractivity contribution >= 4 is 26.6 Å². The molecule has 1 aromatic carbocycles. The highest BCUT2D eigenvalue weighted by Crippen LogP contribution is 2.30. The Bertz CT molecular complexity index is 1160. The Morgan fingerprint density at radius 2 is 1.97 bits per heavy atom. The van der Waals surface area contributed by atoms with Gasteiger partial charge in [0.2, 0.25) is 0 Å². The lowest BCUT2D eigenvalue weighted by Gasteiger charge is -2.33. The number of hydrogen-bond acceptors (Lipinski definition) is 6. The van der Waals surface area contributed by atoms with Gasteiger partial charge in [0.1, 0.15) is 11.9 Å². The highest BCUT2D eigenvalue weighted by atomic mass is 32.2. The first-order valence-corrected chi connectivity index (χ1v) is 11.8. The van der Waals surface area contributed by atoms with Gasteiger partial charge in [0.25, 0.3) is 0 Å². The van der Waals surface area contributed by atoms with Crippen LogP contribution in [0.3, 0.4) is 0 Å². The Kier molecular flexibility index (Phi) is 4.46. The number of piperidine rings is 1. The summed E-state index contributed by atoms with van der Waals surface area (Å²) >= 11 is 0. The number of sulfone groups is 1. The zero-order chi connectivity index (χ0) is 20.0. The molecular weight excluding hydrogens is 388 g/mol. The van der Waals surface area contributed by atoms with Crippen molar-refractivity contribution in [3.8, 4) is 5.75 Å². The van der Waals surface area contributed by atoms with Crippen LogP contribution in [0.1, 0.15) is 24.1 Å². The fraction of sp³-hybridized carbons (Fsp3) is 0.429. The van der Waals surface area contributed by atoms with Crippen LogP contribution in [0.5, 0.6) is 5.75 Å². The molecule has 29 heavy (non-hydrogen) atoms. The summed E-state index contributed by atoms with van der Waals surface area (Å²) in [6.07, 6.45) is 4.45. The van der Waals surface area contributed by atoms with Crippen molar-refractivity contribution in [2.24, 2.45) is 7.05 Å². The van der Waals surface area contributed by atoms with E-state index in [-0.39, 0.29) is 17.6 Å². The van der Waals surface area contributed by atoms with Crippen LogP contribution in [0.25, 0.3) is 10.9 Å². The summed E-state index contributed by atoms with van der Waals surface area (Å²) in [4.78, 5) is 2.18. The molecule has 0 N–H and O–H groups in total. The van der Waals surface area contributed by atoms with Gasteiger partial charge in [0, 0.05) is 51.0 Å². The smallest absolute Gasteiger partial charge is 0.154 e. The molecule has 8 heteroatoms. The van der Waals surface area contributed by atoms with Gasteiger partial charge in [-0.1, -0.05) is 6.07 Å². The van der Waals surface area contributed by atoms with Crippen LogP contribution in [0.4, 0.5) is 5.82 Å². The van der Waals surface area contributed by atoms with E-state index in [1.165, 1.54) is 5.52 Å². The van der Waals surface area contributed by atoms with Gasteiger partial charge >= 0.3 is 0 Å². The minimum Gasteiger partial charge on any atom is -0.490 e. The maximum Gasteiger partial charge on any atom is 0.154 e. The fourth-order valence-electron chi connectivity index (χ4n) is 4.25. The Morgan fingerprint density at radius 3 is 2.79 bits per heavy atom. The molecule has 0 bridgehead atoms. The molecule has 0 radical (unpaired) electrons. The second kappa shape index (κ2) is 7.02. The first-order valence-electron chi connectivity index (χ1n) is 10.00. The van der Waals surface area contributed by atoms with Crippen molar-refractivity contribution < 1.29 is 13.2 Å². The molecule has 1 fully saturated rings. The predicted molar refractivity (Wildman–Crippen MR) is 112 cm³/mol. The SMILES string of the molecule is Cn1ccc2c(OC3CCN(c4cc5c(nn4)CCS(=O)(=O)C5)CC3)cccc21. The van der Waals surface area contributed by atoms with E-state index in [9.17, 15) is 8.42 Å². The van der Waals surface area contributed by atoms with E-state index in [4.69, 9.17) is 4.74 Å². The Balaban J connectivity index is 1.27. The van der Waals surface area contributed by atoms with Gasteiger partial charge in [-0.05, 0) is 29.8 Å². The number of nitrogens with zero attached hydrogens (tertiary/aromatic N) is 4. The van der Waals surface area contributed by atoms with Crippen LogP contribution in [0, 0.1) is 0 Å². The lowest BCUT2D eigenvalue weighted by atomic mass is 10.1. The van der Waals surface area contributed by atoms with Gasteiger partial charge in [-0.3, -0.25) is 0 Å². The highest BCUT2D eigenvalue weighted by molar-refractivity contribution is 7.90. The largest absolute Gasteiger partial charge is 0.490 e. The molecule has 0 atom stereocenters. The quantitative estimate of drug-likeness (QED) is 0.658. The van der Waals surface area contributed by atoms with Gasteiger partial charge in [-0.2, -0.15) is 5.10 Å². The van der Waals surface area contributed by atoms with Gasteiger partial charge in [0.05, 0.1) is 22.7 Å². The van der Waals surface area contributed by atoms with Gasteiger partial charge in [0.15, 0.2) is 15.7 Å². The maximum absolute atomic E-state index is 11.9. The molecule has 3 aromatic rings. The van der Waals surface area contributed by atoms with Crippen molar-refractivity contribution in [1.29, 1.82) is 0 Å². The third-order valence-electron chi connectivity index (χ3n) is 5.92. The molecule has 0 aliphatic carbocycles. The minimum atomic E-state index is -3.01. The lowest BCUT2D eigenvalue weighted by Crippen LogP contribution is -2.39. The normalized spacial score (nSPS) is 19.3. The number of aromatic nitrogens is 3. The monoisotopic (exact) mass is 412 g/mol. The van der Waals surface area contributed by atoms with Gasteiger partial charge in [-0.25, -0.2) is 8.42 Å². The van der Waals surface area contributed by atoms with Crippen LogP contribution in [0.2, 0.25) is 0 Å². The number of hydrogen-bond donors (Lipinski definition) is 0. The van der Waals surface area contributed by atoms with Crippen molar-refractivity contribution in [1.82, 2.24) is 14.8 Å². The van der Waals surface area contributed by atoms with E-state index in [0.717, 1.165) is 54.1 Å². The average molecular weight is 413 g/mol. The highest BCUT2D eigenvalue weighted by Gasteiger charge is 2.26. The Morgan fingerprint density at radius 1 is 1.14 bits per heavy atom. The molecule has 2 aliphatic heterocycles. The zero-order valence-corrected chi connectivity index (χ0v) is 17.2. The maximum atomic E-state index is 11.9. The molecule has 5 rings (SSSR count). The molecular formula is C21H24N4O3S. The van der Waals surface area contributed by atoms with Crippen molar-refractivity contribution in [3.63, 3.8) is 0 Å². The Labute approximate surface area is 170 Å². The number of aryl methyl sites for hydroxylation is 2. The van der Waals surface area contributed by atoms with E-state index < -0.39 is 9.84 Å². The van der Waals surface area contributed by atoms with E-state index in [0.29, 0.717) is 6.42 Å². The summed E-state index contributed by atoms with van der Waals surface area (Å²) in [6, 6.07) is 10.2. The van der Waals surface area contributed by atoms with Crippen LogP contribution in [0.15, 0.2) is 36.5 Å². The van der Waals surface area contributed by atoms with Crippen molar-refractivity contribution in [2.75, 3.05) is 23.7 Å². The van der Waals surface area contributed by atoms with E-state index in [1.54, 1.807) is 0 Å². The standard InChI is InChI=1S/C21H24N4O3S/c1-24-9-7-17-19(24)3-2-4-20(17)28-16-5-10-25(11-6-16)21-13-15-14-29(26,27)12-8-18(15)22-23-21/h2-4,7,9,13,16H,5-6,8,10-12,14H2,1H3. The van der Waals surface area contributed by atoms with E-state index >= 15 is 0 Å². The van der Waals surface area contributed by atoms with E-state index in [2.05, 4.69) is 38.0 Å². The molecule has 0 saturated carbocycles.